The molecular formula is C14H8BrN5O3S2. The van der Waals surface area contributed by atoms with E-state index in [1.807, 2.05) is 12.1 Å². The third kappa shape index (κ3) is 4.53. The van der Waals surface area contributed by atoms with E-state index in [-0.39, 0.29) is 11.3 Å². The number of thiophene rings is 1. The molecule has 1 N–H and O–H groups in total. The van der Waals surface area contributed by atoms with Crippen molar-refractivity contribution in [3.05, 3.63) is 60.7 Å². The molecule has 0 atom stereocenters. The molecule has 0 saturated carbocycles. The van der Waals surface area contributed by atoms with Gasteiger partial charge in [-0.15, -0.1) is 21.5 Å². The maximum atomic E-state index is 12.1. The Morgan fingerprint density at radius 2 is 1.96 bits per heavy atom. The van der Waals surface area contributed by atoms with Crippen LogP contribution in [0.15, 0.2) is 45.2 Å². The standard InChI is InChI=1S/C14H8BrN5O3S2/c15-11-6-5-10(24-11)7-16-13-18-19-14(25-13)17-12(21)8-1-3-9(4-2-8)20(22)23/h1-7H,(H,17,19,21)/b16-7+. The summed E-state index contributed by atoms with van der Waals surface area (Å²) in [5.74, 6) is -0.427. The highest BCUT2D eigenvalue weighted by Gasteiger charge is 2.12. The van der Waals surface area contributed by atoms with Crippen molar-refractivity contribution in [2.24, 2.45) is 4.99 Å². The van der Waals surface area contributed by atoms with Gasteiger partial charge in [0.05, 0.1) is 8.71 Å². The molecule has 3 aromatic rings. The highest BCUT2D eigenvalue weighted by atomic mass is 79.9. The minimum absolute atomic E-state index is 0.0793. The first-order chi connectivity index (χ1) is 12.0. The number of aliphatic imine (C=N–C) groups is 1. The second kappa shape index (κ2) is 7.59. The van der Waals surface area contributed by atoms with E-state index >= 15 is 0 Å². The molecule has 8 nitrogen and oxygen atoms in total. The summed E-state index contributed by atoms with van der Waals surface area (Å²) in [5.41, 5.74) is 0.207. The molecule has 0 aliphatic heterocycles. The Bertz CT molecular complexity index is 952. The lowest BCUT2D eigenvalue weighted by Crippen LogP contribution is -2.11. The van der Waals surface area contributed by atoms with Gasteiger partial charge in [0.25, 0.3) is 11.6 Å². The van der Waals surface area contributed by atoms with E-state index < -0.39 is 10.8 Å². The number of nitro benzene ring substituents is 1. The predicted octanol–water partition coefficient (Wildman–Crippen LogP) is 4.27. The van der Waals surface area contributed by atoms with Crippen LogP contribution in [0.3, 0.4) is 0 Å². The van der Waals surface area contributed by atoms with E-state index in [0.717, 1.165) is 20.0 Å². The van der Waals surface area contributed by atoms with Gasteiger partial charge in [-0.05, 0) is 40.2 Å². The van der Waals surface area contributed by atoms with Crippen LogP contribution in [0.4, 0.5) is 16.0 Å². The normalized spacial score (nSPS) is 10.9. The maximum Gasteiger partial charge on any atom is 0.269 e. The van der Waals surface area contributed by atoms with E-state index in [9.17, 15) is 14.9 Å². The SMILES string of the molecule is O=C(Nc1nnc(/N=C/c2ccc(Br)s2)s1)c1ccc([N+](=O)[O-])cc1. The first kappa shape index (κ1) is 17.3. The summed E-state index contributed by atoms with van der Waals surface area (Å²) in [6, 6.07) is 9.12. The summed E-state index contributed by atoms with van der Waals surface area (Å²) in [7, 11) is 0. The van der Waals surface area contributed by atoms with Crippen LogP contribution in [-0.4, -0.2) is 27.2 Å². The van der Waals surface area contributed by atoms with Crippen LogP contribution in [0.5, 0.6) is 0 Å². The van der Waals surface area contributed by atoms with Crippen molar-refractivity contribution >= 4 is 66.7 Å². The molecule has 126 valence electrons. The topological polar surface area (TPSA) is 110 Å². The number of halogens is 1. The summed E-state index contributed by atoms with van der Waals surface area (Å²) in [6.07, 6.45) is 1.66. The zero-order valence-electron chi connectivity index (χ0n) is 12.2. The molecule has 1 aromatic carbocycles. The van der Waals surface area contributed by atoms with Crippen molar-refractivity contribution in [1.82, 2.24) is 10.2 Å². The number of non-ortho nitro benzene ring substituents is 1. The van der Waals surface area contributed by atoms with Crippen molar-refractivity contribution in [2.75, 3.05) is 5.32 Å². The molecule has 0 radical (unpaired) electrons. The Hall–Kier alpha value is -2.50. The molecule has 0 aliphatic carbocycles. The Morgan fingerprint density at radius 3 is 2.60 bits per heavy atom. The molecular weight excluding hydrogens is 430 g/mol. The van der Waals surface area contributed by atoms with E-state index in [1.165, 1.54) is 35.6 Å². The Balaban J connectivity index is 1.65. The lowest BCUT2D eigenvalue weighted by Gasteiger charge is -2.00. The fourth-order valence-corrected chi connectivity index (χ4v) is 3.62. The lowest BCUT2D eigenvalue weighted by molar-refractivity contribution is -0.384. The van der Waals surface area contributed by atoms with Gasteiger partial charge in [0.15, 0.2) is 0 Å². The summed E-state index contributed by atoms with van der Waals surface area (Å²) in [4.78, 5) is 27.4. The zero-order chi connectivity index (χ0) is 17.8. The molecule has 0 unspecified atom stereocenters. The smallest absolute Gasteiger partial charge is 0.269 e. The number of carbonyl (C=O) groups excluding carboxylic acids is 1. The van der Waals surface area contributed by atoms with Gasteiger partial charge in [0.2, 0.25) is 10.3 Å². The average Bonchev–Trinajstić information content (AvgIpc) is 3.21. The Kier molecular flexibility index (Phi) is 5.26. The lowest BCUT2D eigenvalue weighted by atomic mass is 10.2. The molecule has 11 heteroatoms. The van der Waals surface area contributed by atoms with Crippen molar-refractivity contribution in [3.8, 4) is 0 Å². The summed E-state index contributed by atoms with van der Waals surface area (Å²) in [6.45, 7) is 0. The molecule has 0 spiro atoms. The van der Waals surface area contributed by atoms with E-state index in [1.54, 1.807) is 6.21 Å². The molecule has 2 aromatic heterocycles. The maximum absolute atomic E-state index is 12.1. The van der Waals surface area contributed by atoms with Crippen LogP contribution in [0.25, 0.3) is 0 Å². The van der Waals surface area contributed by atoms with Crippen molar-refractivity contribution in [3.63, 3.8) is 0 Å². The number of anilines is 1. The number of nitrogens with one attached hydrogen (secondary N) is 1. The first-order valence-electron chi connectivity index (χ1n) is 6.70. The van der Waals surface area contributed by atoms with Gasteiger partial charge in [0.1, 0.15) is 0 Å². The van der Waals surface area contributed by atoms with Crippen LogP contribution in [-0.2, 0) is 0 Å². The van der Waals surface area contributed by atoms with Gasteiger partial charge in [-0.25, -0.2) is 4.99 Å². The molecule has 25 heavy (non-hydrogen) atoms. The summed E-state index contributed by atoms with van der Waals surface area (Å²) < 4.78 is 1.00. The third-order valence-corrected chi connectivity index (χ3v) is 5.18. The number of hydrogen-bond acceptors (Lipinski definition) is 8. The number of nitro groups is 1. The van der Waals surface area contributed by atoms with E-state index in [0.29, 0.717) is 10.3 Å². The van der Waals surface area contributed by atoms with E-state index in [2.05, 4.69) is 36.4 Å². The quantitative estimate of drug-likeness (QED) is 0.363. The van der Waals surface area contributed by atoms with Crippen LogP contribution in [0, 0.1) is 10.1 Å². The Labute approximate surface area is 157 Å². The minimum Gasteiger partial charge on any atom is -0.296 e. The summed E-state index contributed by atoms with van der Waals surface area (Å²) >= 11 is 6.02. The second-order valence-corrected chi connectivity index (χ2v) is 8.00. The molecule has 0 aliphatic rings. The fourth-order valence-electron chi connectivity index (χ4n) is 1.74. The van der Waals surface area contributed by atoms with Crippen molar-refractivity contribution in [2.45, 2.75) is 0 Å². The molecule has 0 bridgehead atoms. The largest absolute Gasteiger partial charge is 0.296 e. The van der Waals surface area contributed by atoms with Gasteiger partial charge >= 0.3 is 0 Å². The van der Waals surface area contributed by atoms with E-state index in [4.69, 9.17) is 0 Å². The highest BCUT2D eigenvalue weighted by Crippen LogP contribution is 2.25. The third-order valence-electron chi connectivity index (χ3n) is 2.87. The average molecular weight is 438 g/mol. The second-order valence-electron chi connectivity index (χ2n) is 4.55. The minimum atomic E-state index is -0.525. The fraction of sp³-hybridized carbons (Fsp3) is 0. The molecule has 3 rings (SSSR count). The van der Waals surface area contributed by atoms with Gasteiger partial charge in [0, 0.05) is 28.8 Å². The van der Waals surface area contributed by atoms with Crippen LogP contribution < -0.4 is 5.32 Å². The Morgan fingerprint density at radius 1 is 1.20 bits per heavy atom. The van der Waals surface area contributed by atoms with Crippen LogP contribution >= 0.6 is 38.6 Å². The molecule has 0 fully saturated rings. The highest BCUT2D eigenvalue weighted by molar-refractivity contribution is 9.11. The first-order valence-corrected chi connectivity index (χ1v) is 9.12. The number of benzene rings is 1. The molecule has 2 heterocycles. The van der Waals surface area contributed by atoms with Crippen LogP contribution in [0.1, 0.15) is 15.2 Å². The van der Waals surface area contributed by atoms with Gasteiger partial charge in [-0.3, -0.25) is 20.2 Å². The molecule has 0 saturated heterocycles. The number of nitrogens with zero attached hydrogens (tertiary/aromatic N) is 4. The van der Waals surface area contributed by atoms with Crippen molar-refractivity contribution < 1.29 is 9.72 Å². The number of hydrogen-bond donors (Lipinski definition) is 1. The van der Waals surface area contributed by atoms with Gasteiger partial charge < -0.3 is 0 Å². The number of rotatable bonds is 5. The zero-order valence-corrected chi connectivity index (χ0v) is 15.5. The monoisotopic (exact) mass is 437 g/mol. The number of amides is 1. The predicted molar refractivity (Wildman–Crippen MR) is 100 cm³/mol. The summed E-state index contributed by atoms with van der Waals surface area (Å²) in [5, 5.41) is 21.6. The van der Waals surface area contributed by atoms with Gasteiger partial charge in [-0.2, -0.15) is 0 Å². The number of aromatic nitrogens is 2. The number of carbonyl (C=O) groups is 1. The van der Waals surface area contributed by atoms with Crippen LogP contribution in [0.2, 0.25) is 0 Å². The van der Waals surface area contributed by atoms with Crippen molar-refractivity contribution in [1.29, 1.82) is 0 Å². The molecule has 1 amide bonds. The van der Waals surface area contributed by atoms with Gasteiger partial charge in [-0.1, -0.05) is 11.3 Å².